The number of amides is 2. The Hall–Kier alpha value is -4.08. The van der Waals surface area contributed by atoms with Gasteiger partial charge in [-0.2, -0.15) is 0 Å². The lowest BCUT2D eigenvalue weighted by molar-refractivity contribution is 0.0213. The van der Waals surface area contributed by atoms with Gasteiger partial charge in [-0.3, -0.25) is 0 Å². The molecule has 0 fully saturated rings. The number of benzene rings is 2. The molecule has 0 radical (unpaired) electrons. The van der Waals surface area contributed by atoms with E-state index in [1.807, 2.05) is 65.8 Å². The summed E-state index contributed by atoms with van der Waals surface area (Å²) in [5.74, 6) is 2.36. The normalized spacial score (nSPS) is 14.6. The zero-order chi connectivity index (χ0) is 32.2. The maximum Gasteiger partial charge on any atom is 0.410 e. The molecule has 2 aromatic rings. The van der Waals surface area contributed by atoms with Gasteiger partial charge in [0.15, 0.2) is 23.0 Å². The molecule has 2 aliphatic rings. The Morgan fingerprint density at radius 3 is 1.36 bits per heavy atom. The van der Waals surface area contributed by atoms with Gasteiger partial charge in [-0.25, -0.2) is 9.59 Å². The molecular weight excluding hydrogens is 564 g/mol. The van der Waals surface area contributed by atoms with Crippen LogP contribution in [0.15, 0.2) is 36.4 Å². The summed E-state index contributed by atoms with van der Waals surface area (Å²) in [5.41, 5.74) is 3.78. The van der Waals surface area contributed by atoms with Gasteiger partial charge in [0.2, 0.25) is 0 Å². The standard InChI is InChI=1S/C34H46N2O8/c1-22(20-41-29-16-25-18-35(31(37)43-33(2,3)4)12-10-23(25)14-27(29)39-8)21-42-30-17-26-19-36(32(38)44-34(5,6)7)13-11-24(26)15-28(30)40-9/h14-17H,1,10-13,18-21H2,2-9H3. The van der Waals surface area contributed by atoms with Crippen LogP contribution in [0.2, 0.25) is 0 Å². The summed E-state index contributed by atoms with van der Waals surface area (Å²) in [7, 11) is 3.21. The lowest BCUT2D eigenvalue weighted by atomic mass is 9.99. The van der Waals surface area contributed by atoms with Crippen LogP contribution in [0.5, 0.6) is 23.0 Å². The predicted octanol–water partition coefficient (Wildman–Crippen LogP) is 6.30. The first-order valence-corrected chi connectivity index (χ1v) is 14.9. The number of hydrogen-bond acceptors (Lipinski definition) is 8. The third-order valence-electron chi connectivity index (χ3n) is 7.16. The highest BCUT2D eigenvalue weighted by Crippen LogP contribution is 2.36. The van der Waals surface area contributed by atoms with Crippen LogP contribution in [-0.4, -0.2) is 73.7 Å². The second-order valence-corrected chi connectivity index (χ2v) is 13.2. The lowest BCUT2D eigenvalue weighted by Crippen LogP contribution is -2.39. The third kappa shape index (κ3) is 8.51. The molecule has 44 heavy (non-hydrogen) atoms. The largest absolute Gasteiger partial charge is 0.493 e. The quantitative estimate of drug-likeness (QED) is 0.321. The van der Waals surface area contributed by atoms with Crippen molar-refractivity contribution in [2.75, 3.05) is 40.5 Å². The van der Waals surface area contributed by atoms with Crippen molar-refractivity contribution in [3.05, 3.63) is 58.7 Å². The highest BCUT2D eigenvalue weighted by molar-refractivity contribution is 5.69. The van der Waals surface area contributed by atoms with Crippen LogP contribution in [-0.2, 0) is 35.4 Å². The average Bonchev–Trinajstić information content (AvgIpc) is 2.95. The van der Waals surface area contributed by atoms with Crippen molar-refractivity contribution in [3.8, 4) is 23.0 Å². The first-order valence-electron chi connectivity index (χ1n) is 14.9. The minimum absolute atomic E-state index is 0.199. The summed E-state index contributed by atoms with van der Waals surface area (Å²) in [6, 6.07) is 7.77. The van der Waals surface area contributed by atoms with E-state index in [0.29, 0.717) is 67.6 Å². The van der Waals surface area contributed by atoms with E-state index in [2.05, 4.69) is 6.58 Å². The van der Waals surface area contributed by atoms with Crippen molar-refractivity contribution in [3.63, 3.8) is 0 Å². The van der Waals surface area contributed by atoms with E-state index in [4.69, 9.17) is 28.4 Å². The van der Waals surface area contributed by atoms with E-state index in [1.54, 1.807) is 24.0 Å². The molecule has 2 aromatic carbocycles. The minimum atomic E-state index is -0.558. The SMILES string of the molecule is C=C(COc1cc2c(cc1OC)CCN(C(=O)OC(C)(C)C)C2)COc1cc2c(cc1OC)CCN(C(=O)OC(C)(C)C)C2. The number of carbonyl (C=O) groups is 2. The van der Waals surface area contributed by atoms with Gasteiger partial charge < -0.3 is 38.2 Å². The molecule has 10 heteroatoms. The van der Waals surface area contributed by atoms with Crippen LogP contribution in [0.4, 0.5) is 9.59 Å². The van der Waals surface area contributed by atoms with Gasteiger partial charge in [0.1, 0.15) is 24.4 Å². The fourth-order valence-electron chi connectivity index (χ4n) is 5.04. The molecule has 0 aromatic heterocycles. The van der Waals surface area contributed by atoms with Crippen LogP contribution in [0.25, 0.3) is 0 Å². The smallest absolute Gasteiger partial charge is 0.410 e. The summed E-state index contributed by atoms with van der Waals surface area (Å²) in [4.78, 5) is 28.7. The molecular formula is C34H46N2O8. The van der Waals surface area contributed by atoms with E-state index in [9.17, 15) is 9.59 Å². The second kappa shape index (κ2) is 13.3. The van der Waals surface area contributed by atoms with E-state index >= 15 is 0 Å². The number of fused-ring (bicyclic) bond motifs is 2. The summed E-state index contributed by atoms with van der Waals surface area (Å²) >= 11 is 0. The number of carbonyl (C=O) groups excluding carboxylic acids is 2. The Morgan fingerprint density at radius 2 is 1.02 bits per heavy atom. The third-order valence-corrected chi connectivity index (χ3v) is 7.16. The molecule has 4 rings (SSSR count). The maximum atomic E-state index is 12.6. The fraction of sp³-hybridized carbons (Fsp3) is 0.529. The fourth-order valence-corrected chi connectivity index (χ4v) is 5.04. The average molecular weight is 611 g/mol. The molecule has 2 heterocycles. The van der Waals surface area contributed by atoms with Crippen LogP contribution in [0.3, 0.4) is 0 Å². The van der Waals surface area contributed by atoms with Crippen molar-refractivity contribution < 1.29 is 38.0 Å². The van der Waals surface area contributed by atoms with Crippen molar-refractivity contribution in [2.45, 2.75) is 78.7 Å². The van der Waals surface area contributed by atoms with E-state index in [0.717, 1.165) is 22.3 Å². The molecule has 0 N–H and O–H groups in total. The van der Waals surface area contributed by atoms with Crippen molar-refractivity contribution in [1.82, 2.24) is 9.80 Å². The Balaban J connectivity index is 1.38. The first-order chi connectivity index (χ1) is 20.7. The molecule has 0 atom stereocenters. The van der Waals surface area contributed by atoms with Gasteiger partial charge in [0, 0.05) is 26.2 Å². The summed E-state index contributed by atoms with van der Waals surface area (Å²) in [6.45, 7) is 17.7. The van der Waals surface area contributed by atoms with Gasteiger partial charge >= 0.3 is 12.2 Å². The van der Waals surface area contributed by atoms with Crippen molar-refractivity contribution in [1.29, 1.82) is 0 Å². The van der Waals surface area contributed by atoms with E-state index in [1.165, 1.54) is 0 Å². The summed E-state index contributed by atoms with van der Waals surface area (Å²) in [5, 5.41) is 0. The molecule has 240 valence electrons. The number of rotatable bonds is 8. The van der Waals surface area contributed by atoms with E-state index < -0.39 is 11.2 Å². The van der Waals surface area contributed by atoms with Gasteiger partial charge in [0.25, 0.3) is 0 Å². The number of nitrogens with zero attached hydrogens (tertiary/aromatic N) is 2. The maximum absolute atomic E-state index is 12.6. The Kier molecular flexibility index (Phi) is 9.91. The molecule has 2 aliphatic heterocycles. The molecule has 0 unspecified atom stereocenters. The van der Waals surface area contributed by atoms with Gasteiger partial charge in [-0.05, 0) is 106 Å². The highest BCUT2D eigenvalue weighted by Gasteiger charge is 2.28. The van der Waals surface area contributed by atoms with E-state index in [-0.39, 0.29) is 25.4 Å². The topological polar surface area (TPSA) is 96.0 Å². The van der Waals surface area contributed by atoms with Crippen LogP contribution >= 0.6 is 0 Å². The van der Waals surface area contributed by atoms with Gasteiger partial charge in [-0.1, -0.05) is 6.58 Å². The molecule has 2 amide bonds. The first kappa shape index (κ1) is 32.8. The predicted molar refractivity (Wildman–Crippen MR) is 167 cm³/mol. The number of hydrogen-bond donors (Lipinski definition) is 0. The van der Waals surface area contributed by atoms with Crippen molar-refractivity contribution in [2.24, 2.45) is 0 Å². The Bertz CT molecular complexity index is 1290. The summed E-state index contributed by atoms with van der Waals surface area (Å²) < 4.78 is 34.6. The van der Waals surface area contributed by atoms with Gasteiger partial charge in [-0.15, -0.1) is 0 Å². The summed E-state index contributed by atoms with van der Waals surface area (Å²) in [6.07, 6.45) is 0.734. The molecule has 0 bridgehead atoms. The van der Waals surface area contributed by atoms with Crippen LogP contribution < -0.4 is 18.9 Å². The van der Waals surface area contributed by atoms with Crippen LogP contribution in [0, 0.1) is 0 Å². The highest BCUT2D eigenvalue weighted by atomic mass is 16.6. The van der Waals surface area contributed by atoms with Crippen LogP contribution in [0.1, 0.15) is 63.8 Å². The monoisotopic (exact) mass is 610 g/mol. The molecule has 0 spiro atoms. The van der Waals surface area contributed by atoms with Crippen molar-refractivity contribution >= 4 is 12.2 Å². The molecule has 0 aliphatic carbocycles. The Labute approximate surface area is 260 Å². The second-order valence-electron chi connectivity index (χ2n) is 13.2. The minimum Gasteiger partial charge on any atom is -0.493 e. The molecule has 10 nitrogen and oxygen atoms in total. The molecule has 0 saturated carbocycles. The lowest BCUT2D eigenvalue weighted by Gasteiger charge is -2.31. The zero-order valence-corrected chi connectivity index (χ0v) is 27.3. The number of methoxy groups -OCH3 is 2. The zero-order valence-electron chi connectivity index (χ0n) is 27.3. The van der Waals surface area contributed by atoms with Gasteiger partial charge in [0.05, 0.1) is 14.2 Å². The number of ether oxygens (including phenoxy) is 6. The Morgan fingerprint density at radius 1 is 0.659 bits per heavy atom. The molecule has 0 saturated heterocycles.